The monoisotopic (exact) mass is 222 g/mol. The van der Waals surface area contributed by atoms with Gasteiger partial charge in [-0.25, -0.2) is 0 Å². The van der Waals surface area contributed by atoms with Crippen molar-refractivity contribution in [1.82, 2.24) is 4.90 Å². The van der Waals surface area contributed by atoms with E-state index in [1.807, 2.05) is 25.2 Å². The van der Waals surface area contributed by atoms with Gasteiger partial charge in [-0.05, 0) is 31.7 Å². The summed E-state index contributed by atoms with van der Waals surface area (Å²) in [5.41, 5.74) is 1.18. The fraction of sp³-hybridized carbons (Fsp3) is 0.417. The number of hydrogen-bond acceptors (Lipinski definition) is 2. The van der Waals surface area contributed by atoms with Crippen LogP contribution in [0.15, 0.2) is 24.3 Å². The van der Waals surface area contributed by atoms with Gasteiger partial charge in [0.25, 0.3) is 0 Å². The van der Waals surface area contributed by atoms with E-state index in [4.69, 9.17) is 16.9 Å². The van der Waals surface area contributed by atoms with E-state index in [2.05, 4.69) is 24.0 Å². The predicted molar refractivity (Wildman–Crippen MR) is 62.7 cm³/mol. The van der Waals surface area contributed by atoms with E-state index in [9.17, 15) is 0 Å². The molecule has 0 aliphatic carbocycles. The highest BCUT2D eigenvalue weighted by molar-refractivity contribution is 6.30. The van der Waals surface area contributed by atoms with Gasteiger partial charge in [0.2, 0.25) is 0 Å². The average Bonchev–Trinajstić information content (AvgIpc) is 2.24. The first-order valence-corrected chi connectivity index (χ1v) is 5.35. The van der Waals surface area contributed by atoms with Gasteiger partial charge < -0.3 is 0 Å². The molecule has 0 saturated heterocycles. The first-order chi connectivity index (χ1) is 7.15. The Labute approximate surface area is 96.1 Å². The third-order valence-electron chi connectivity index (χ3n) is 2.57. The second kappa shape index (κ2) is 5.75. The van der Waals surface area contributed by atoms with E-state index in [1.54, 1.807) is 0 Å². The van der Waals surface area contributed by atoms with Gasteiger partial charge in [-0.1, -0.05) is 23.7 Å². The highest BCUT2D eigenvalue weighted by Gasteiger charge is 2.10. The molecule has 1 aromatic rings. The molecule has 0 aliphatic rings. The Morgan fingerprint density at radius 3 is 2.87 bits per heavy atom. The highest BCUT2D eigenvalue weighted by atomic mass is 35.5. The zero-order valence-corrected chi connectivity index (χ0v) is 9.83. The molecule has 1 atom stereocenters. The van der Waals surface area contributed by atoms with Gasteiger partial charge in [0.1, 0.15) is 0 Å². The molecule has 0 amide bonds. The number of nitrogens with zero attached hydrogens (tertiary/aromatic N) is 2. The summed E-state index contributed by atoms with van der Waals surface area (Å²) < 4.78 is 0. The molecular weight excluding hydrogens is 208 g/mol. The maximum atomic E-state index is 8.51. The van der Waals surface area contributed by atoms with E-state index >= 15 is 0 Å². The molecule has 80 valence electrons. The van der Waals surface area contributed by atoms with Crippen molar-refractivity contribution in [3.05, 3.63) is 34.9 Å². The summed E-state index contributed by atoms with van der Waals surface area (Å²) in [5, 5.41) is 9.27. The van der Waals surface area contributed by atoms with E-state index in [0.29, 0.717) is 6.42 Å². The smallest absolute Gasteiger partial charge is 0.0635 e. The fourth-order valence-electron chi connectivity index (χ4n) is 1.44. The second-order valence-electron chi connectivity index (χ2n) is 3.62. The molecule has 0 aliphatic heterocycles. The van der Waals surface area contributed by atoms with Crippen LogP contribution in [0.4, 0.5) is 0 Å². The Morgan fingerprint density at radius 2 is 2.27 bits per heavy atom. The highest BCUT2D eigenvalue weighted by Crippen LogP contribution is 2.21. The molecular formula is C12H15ClN2. The first kappa shape index (κ1) is 12.0. The summed E-state index contributed by atoms with van der Waals surface area (Å²) >= 11 is 5.93. The number of halogens is 1. The molecule has 0 radical (unpaired) electrons. The van der Waals surface area contributed by atoms with Crippen molar-refractivity contribution in [3.63, 3.8) is 0 Å². The van der Waals surface area contributed by atoms with Crippen molar-refractivity contribution in [2.45, 2.75) is 19.4 Å². The molecule has 0 heterocycles. The van der Waals surface area contributed by atoms with Crippen LogP contribution >= 0.6 is 11.6 Å². The minimum Gasteiger partial charge on any atom is -0.299 e. The Hall–Kier alpha value is -1.04. The molecule has 0 saturated carbocycles. The summed E-state index contributed by atoms with van der Waals surface area (Å²) in [7, 11) is 2.02. The lowest BCUT2D eigenvalue weighted by atomic mass is 10.1. The van der Waals surface area contributed by atoms with E-state index in [1.165, 1.54) is 5.56 Å². The van der Waals surface area contributed by atoms with Crippen LogP contribution in [0.1, 0.15) is 24.9 Å². The van der Waals surface area contributed by atoms with Gasteiger partial charge >= 0.3 is 0 Å². The van der Waals surface area contributed by atoms with Crippen molar-refractivity contribution in [2.75, 3.05) is 13.6 Å². The van der Waals surface area contributed by atoms with Crippen LogP contribution in [0.5, 0.6) is 0 Å². The van der Waals surface area contributed by atoms with Crippen molar-refractivity contribution >= 4 is 11.6 Å². The zero-order chi connectivity index (χ0) is 11.3. The van der Waals surface area contributed by atoms with E-state index in [-0.39, 0.29) is 6.04 Å². The third-order valence-corrected chi connectivity index (χ3v) is 2.80. The van der Waals surface area contributed by atoms with Crippen LogP contribution in [-0.2, 0) is 0 Å². The molecule has 0 spiro atoms. The molecule has 0 aromatic heterocycles. The Bertz CT molecular complexity index is 357. The maximum Gasteiger partial charge on any atom is 0.0635 e. The number of hydrogen-bond donors (Lipinski definition) is 0. The Kier molecular flexibility index (Phi) is 4.61. The van der Waals surface area contributed by atoms with Crippen LogP contribution in [0, 0.1) is 11.3 Å². The van der Waals surface area contributed by atoms with Crippen LogP contribution in [0.25, 0.3) is 0 Å². The van der Waals surface area contributed by atoms with Gasteiger partial charge in [-0.15, -0.1) is 0 Å². The first-order valence-electron chi connectivity index (χ1n) is 4.98. The van der Waals surface area contributed by atoms with Gasteiger partial charge in [0, 0.05) is 24.0 Å². The quantitative estimate of drug-likeness (QED) is 0.782. The molecule has 0 fully saturated rings. The van der Waals surface area contributed by atoms with Gasteiger partial charge in [-0.2, -0.15) is 5.26 Å². The Balaban J connectivity index is 2.67. The van der Waals surface area contributed by atoms with Crippen molar-refractivity contribution in [3.8, 4) is 6.07 Å². The minimum absolute atomic E-state index is 0.289. The fourth-order valence-corrected chi connectivity index (χ4v) is 1.64. The topological polar surface area (TPSA) is 27.0 Å². The molecule has 2 nitrogen and oxygen atoms in total. The lowest BCUT2D eigenvalue weighted by molar-refractivity contribution is 0.267. The Morgan fingerprint density at radius 1 is 1.53 bits per heavy atom. The summed E-state index contributed by atoms with van der Waals surface area (Å²) in [6, 6.07) is 10.3. The number of nitriles is 1. The van der Waals surface area contributed by atoms with Crippen LogP contribution < -0.4 is 0 Å². The number of rotatable bonds is 4. The molecule has 3 heteroatoms. The second-order valence-corrected chi connectivity index (χ2v) is 4.06. The molecule has 1 aromatic carbocycles. The van der Waals surface area contributed by atoms with Crippen molar-refractivity contribution < 1.29 is 0 Å². The average molecular weight is 223 g/mol. The molecule has 0 bridgehead atoms. The normalized spacial score (nSPS) is 12.5. The van der Waals surface area contributed by atoms with Crippen molar-refractivity contribution in [2.24, 2.45) is 0 Å². The van der Waals surface area contributed by atoms with Gasteiger partial charge in [-0.3, -0.25) is 4.90 Å². The molecule has 1 unspecified atom stereocenters. The van der Waals surface area contributed by atoms with Crippen LogP contribution in [-0.4, -0.2) is 18.5 Å². The zero-order valence-electron chi connectivity index (χ0n) is 9.07. The number of benzene rings is 1. The maximum absolute atomic E-state index is 8.51. The standard InChI is InChI=1S/C12H15ClN2/c1-10(15(2)8-4-7-14)11-5-3-6-12(13)9-11/h3,5-6,9-10H,4,8H2,1-2H3. The van der Waals surface area contributed by atoms with Crippen LogP contribution in [0.2, 0.25) is 5.02 Å². The summed E-state index contributed by atoms with van der Waals surface area (Å²) in [6.07, 6.45) is 0.557. The lowest BCUT2D eigenvalue weighted by Gasteiger charge is -2.24. The third kappa shape index (κ3) is 3.54. The molecule has 15 heavy (non-hydrogen) atoms. The lowest BCUT2D eigenvalue weighted by Crippen LogP contribution is -2.23. The molecule has 0 N–H and O–H groups in total. The van der Waals surface area contributed by atoms with E-state index < -0.39 is 0 Å². The van der Waals surface area contributed by atoms with Crippen molar-refractivity contribution in [1.29, 1.82) is 5.26 Å². The summed E-state index contributed by atoms with van der Waals surface area (Å²) in [6.45, 7) is 2.90. The van der Waals surface area contributed by atoms with Crippen LogP contribution in [0.3, 0.4) is 0 Å². The minimum atomic E-state index is 0.289. The summed E-state index contributed by atoms with van der Waals surface area (Å²) in [4.78, 5) is 2.15. The SMILES string of the molecule is CC(c1cccc(Cl)c1)N(C)CCC#N. The van der Waals surface area contributed by atoms with E-state index in [0.717, 1.165) is 11.6 Å². The predicted octanol–water partition coefficient (Wildman–Crippen LogP) is 3.25. The summed E-state index contributed by atoms with van der Waals surface area (Å²) in [5.74, 6) is 0. The van der Waals surface area contributed by atoms with Gasteiger partial charge in [0.05, 0.1) is 6.07 Å². The van der Waals surface area contributed by atoms with Gasteiger partial charge in [0.15, 0.2) is 0 Å². The molecule has 1 rings (SSSR count). The largest absolute Gasteiger partial charge is 0.299 e.